The summed E-state index contributed by atoms with van der Waals surface area (Å²) in [5, 5.41) is 15.7. The van der Waals surface area contributed by atoms with Crippen LogP contribution in [0, 0.1) is 11.8 Å². The van der Waals surface area contributed by atoms with Crippen LogP contribution in [-0.2, 0) is 18.9 Å². The molecule has 0 spiro atoms. The fourth-order valence-electron chi connectivity index (χ4n) is 4.42. The maximum atomic E-state index is 11.8. The minimum Gasteiger partial charge on any atom is -0.448 e. The van der Waals surface area contributed by atoms with E-state index in [2.05, 4.69) is 48.1 Å². The van der Waals surface area contributed by atoms with Gasteiger partial charge in [-0.05, 0) is 31.2 Å². The van der Waals surface area contributed by atoms with Crippen LogP contribution in [0.4, 0.5) is 4.79 Å². The predicted octanol–water partition coefficient (Wildman–Crippen LogP) is 1.78. The molecule has 0 saturated carbocycles. The molecule has 0 aromatic carbocycles. The van der Waals surface area contributed by atoms with E-state index in [1.54, 1.807) is 0 Å². The molecule has 0 aromatic heterocycles. The topological polar surface area (TPSA) is 105 Å². The fourth-order valence-corrected chi connectivity index (χ4v) is 4.42. The number of carbonyl (C=O) groups excluding carboxylic acids is 1. The van der Waals surface area contributed by atoms with E-state index >= 15 is 0 Å². The van der Waals surface area contributed by atoms with Gasteiger partial charge in [-0.25, -0.2) is 4.79 Å². The summed E-state index contributed by atoms with van der Waals surface area (Å²) < 4.78 is 22.2. The van der Waals surface area contributed by atoms with Crippen LogP contribution in [0.15, 0.2) is 0 Å². The number of hydrogen-bond donors (Lipinski definition) is 3. The Morgan fingerprint density at radius 2 is 1.47 bits per heavy atom. The molecule has 2 fully saturated rings. The SMILES string of the molecule is CC(C)C1OCCN1CCOC(=O)NCCCCCCNC(O)OCCN1CCOC1C(C)C. The van der Waals surface area contributed by atoms with Gasteiger partial charge in [0.2, 0.25) is 6.41 Å². The highest BCUT2D eigenvalue weighted by Crippen LogP contribution is 2.18. The van der Waals surface area contributed by atoms with Gasteiger partial charge in [-0.2, -0.15) is 0 Å². The van der Waals surface area contributed by atoms with Crippen LogP contribution in [0.25, 0.3) is 0 Å². The highest BCUT2D eigenvalue weighted by atomic mass is 16.6. The van der Waals surface area contributed by atoms with Crippen molar-refractivity contribution in [1.29, 1.82) is 0 Å². The first-order chi connectivity index (χ1) is 16.4. The van der Waals surface area contributed by atoms with Crippen molar-refractivity contribution in [3.05, 3.63) is 0 Å². The zero-order valence-corrected chi connectivity index (χ0v) is 21.7. The Morgan fingerprint density at radius 1 is 0.912 bits per heavy atom. The van der Waals surface area contributed by atoms with Gasteiger partial charge in [0.25, 0.3) is 0 Å². The number of carbonyl (C=O) groups is 1. The van der Waals surface area contributed by atoms with E-state index in [0.717, 1.165) is 58.5 Å². The number of rotatable bonds is 17. The molecule has 200 valence electrons. The third-order valence-corrected chi connectivity index (χ3v) is 6.15. The first kappa shape index (κ1) is 29.2. The standard InChI is InChI=1S/C24H48N4O6/c1-19(2)21-27(11-15-31-21)13-17-33-23(29)25-9-7-5-6-8-10-26-24(30)34-18-14-28-12-16-32-22(28)20(3)4/h19-23,25,29H,5-18H2,1-4H3,(H,26,30). The van der Waals surface area contributed by atoms with Crippen molar-refractivity contribution >= 4 is 6.09 Å². The third kappa shape index (κ3) is 11.2. The highest BCUT2D eigenvalue weighted by molar-refractivity contribution is 5.66. The maximum absolute atomic E-state index is 11.8. The fraction of sp³-hybridized carbons (Fsp3) is 0.958. The molecule has 0 aliphatic carbocycles. The molecule has 2 heterocycles. The van der Waals surface area contributed by atoms with Gasteiger partial charge in [-0.1, -0.05) is 40.5 Å². The lowest BCUT2D eigenvalue weighted by Gasteiger charge is -2.26. The Morgan fingerprint density at radius 3 is 2.06 bits per heavy atom. The number of nitrogens with one attached hydrogen (secondary N) is 2. The monoisotopic (exact) mass is 488 g/mol. The van der Waals surface area contributed by atoms with Crippen LogP contribution in [0.2, 0.25) is 0 Å². The number of amides is 1. The Bertz CT molecular complexity index is 554. The second-order valence-corrected chi connectivity index (χ2v) is 9.74. The summed E-state index contributed by atoms with van der Waals surface area (Å²) in [6.45, 7) is 15.5. The predicted molar refractivity (Wildman–Crippen MR) is 130 cm³/mol. The Kier molecular flexibility index (Phi) is 14.3. The van der Waals surface area contributed by atoms with Crippen LogP contribution >= 0.6 is 0 Å². The average molecular weight is 489 g/mol. The normalized spacial score (nSPS) is 22.7. The summed E-state index contributed by atoms with van der Waals surface area (Å²) in [4.78, 5) is 16.3. The van der Waals surface area contributed by atoms with Gasteiger partial charge in [0.05, 0.1) is 19.8 Å². The molecule has 34 heavy (non-hydrogen) atoms. The zero-order chi connectivity index (χ0) is 24.8. The maximum Gasteiger partial charge on any atom is 0.407 e. The smallest absolute Gasteiger partial charge is 0.407 e. The number of hydrogen-bond acceptors (Lipinski definition) is 9. The lowest BCUT2D eigenvalue weighted by atomic mass is 10.2. The van der Waals surface area contributed by atoms with Crippen LogP contribution < -0.4 is 10.6 Å². The molecule has 0 aromatic rings. The van der Waals surface area contributed by atoms with E-state index in [9.17, 15) is 9.90 Å². The minimum atomic E-state index is -0.944. The minimum absolute atomic E-state index is 0.122. The highest BCUT2D eigenvalue weighted by Gasteiger charge is 2.28. The molecule has 0 bridgehead atoms. The summed E-state index contributed by atoms with van der Waals surface area (Å²) >= 11 is 0. The molecule has 3 N–H and O–H groups in total. The van der Waals surface area contributed by atoms with Crippen molar-refractivity contribution in [3.8, 4) is 0 Å². The molecule has 10 heteroatoms. The largest absolute Gasteiger partial charge is 0.448 e. The molecular weight excluding hydrogens is 440 g/mol. The third-order valence-electron chi connectivity index (χ3n) is 6.15. The molecule has 3 unspecified atom stereocenters. The van der Waals surface area contributed by atoms with Gasteiger partial charge >= 0.3 is 6.09 Å². The van der Waals surface area contributed by atoms with Crippen LogP contribution in [-0.4, -0.2) is 106 Å². The molecule has 10 nitrogen and oxygen atoms in total. The summed E-state index contributed by atoms with van der Waals surface area (Å²) in [5.74, 6) is 0.870. The van der Waals surface area contributed by atoms with Crippen molar-refractivity contribution in [2.24, 2.45) is 11.8 Å². The van der Waals surface area contributed by atoms with Gasteiger partial charge in [0.15, 0.2) is 0 Å². The quantitative estimate of drug-likeness (QED) is 0.209. The molecular formula is C24H48N4O6. The van der Waals surface area contributed by atoms with Crippen molar-refractivity contribution in [3.63, 3.8) is 0 Å². The van der Waals surface area contributed by atoms with Gasteiger partial charge in [-0.15, -0.1) is 0 Å². The first-order valence-corrected chi connectivity index (χ1v) is 13.0. The van der Waals surface area contributed by atoms with Gasteiger partial charge in [-0.3, -0.25) is 15.1 Å². The summed E-state index contributed by atoms with van der Waals surface area (Å²) in [6.07, 6.45) is 2.83. The number of unbranched alkanes of at least 4 members (excludes halogenated alkanes) is 3. The van der Waals surface area contributed by atoms with Gasteiger partial charge in [0, 0.05) is 32.7 Å². The van der Waals surface area contributed by atoms with E-state index in [4.69, 9.17) is 18.9 Å². The van der Waals surface area contributed by atoms with E-state index in [0.29, 0.717) is 44.7 Å². The molecule has 3 atom stereocenters. The molecule has 2 rings (SSSR count). The number of alkyl carbamates (subject to hydrolysis) is 1. The van der Waals surface area contributed by atoms with Crippen molar-refractivity contribution < 1.29 is 28.8 Å². The summed E-state index contributed by atoms with van der Waals surface area (Å²) in [7, 11) is 0. The van der Waals surface area contributed by atoms with Crippen LogP contribution in [0.1, 0.15) is 53.4 Å². The Balaban J connectivity index is 1.36. The molecule has 2 aliphatic heterocycles. The summed E-state index contributed by atoms with van der Waals surface area (Å²) in [6, 6.07) is 0. The summed E-state index contributed by atoms with van der Waals surface area (Å²) in [5.41, 5.74) is 0. The molecule has 2 saturated heterocycles. The number of aliphatic hydroxyl groups excluding tert-OH is 1. The second-order valence-electron chi connectivity index (χ2n) is 9.74. The van der Waals surface area contributed by atoms with Gasteiger partial charge in [0.1, 0.15) is 19.1 Å². The zero-order valence-electron chi connectivity index (χ0n) is 21.7. The Hall–Kier alpha value is -1.01. The second kappa shape index (κ2) is 16.6. The average Bonchev–Trinajstić information content (AvgIpc) is 3.45. The van der Waals surface area contributed by atoms with E-state index in [1.165, 1.54) is 0 Å². The van der Waals surface area contributed by atoms with Crippen LogP contribution in [0.3, 0.4) is 0 Å². The number of ether oxygens (including phenoxy) is 4. The molecule has 0 radical (unpaired) electrons. The van der Waals surface area contributed by atoms with Crippen LogP contribution in [0.5, 0.6) is 0 Å². The van der Waals surface area contributed by atoms with Crippen molar-refractivity contribution in [1.82, 2.24) is 20.4 Å². The number of nitrogens with zero attached hydrogens (tertiary/aromatic N) is 2. The first-order valence-electron chi connectivity index (χ1n) is 13.0. The number of aliphatic hydroxyl groups is 1. The van der Waals surface area contributed by atoms with E-state index < -0.39 is 6.41 Å². The lowest BCUT2D eigenvalue weighted by Crippen LogP contribution is -2.39. The van der Waals surface area contributed by atoms with Crippen molar-refractivity contribution in [2.75, 3.05) is 65.7 Å². The molecule has 1 amide bonds. The van der Waals surface area contributed by atoms with E-state index in [1.807, 2.05) is 0 Å². The molecule has 2 aliphatic rings. The van der Waals surface area contributed by atoms with Crippen molar-refractivity contribution in [2.45, 2.75) is 72.2 Å². The lowest BCUT2D eigenvalue weighted by molar-refractivity contribution is -0.127. The Labute approximate surface area is 205 Å². The van der Waals surface area contributed by atoms with E-state index in [-0.39, 0.29) is 18.5 Å². The van der Waals surface area contributed by atoms with Gasteiger partial charge < -0.3 is 29.4 Å².